The number of ether oxygens (including phenoxy) is 2. The highest BCUT2D eigenvalue weighted by Gasteiger charge is 2.40. The van der Waals surface area contributed by atoms with Crippen LogP contribution >= 0.6 is 0 Å². The van der Waals surface area contributed by atoms with Gasteiger partial charge in [-0.25, -0.2) is 0 Å². The summed E-state index contributed by atoms with van der Waals surface area (Å²) < 4.78 is 12.0. The standard InChI is InChI=1S/C18H36O3/c1-4-5-6-7-8-9-10-11-13-16-17(14-12-15-19)21-18(2,3)20-16/h16-17,19H,4-15H2,1-3H3/t16-,17+/m0/s1. The normalized spacial score (nSPS) is 24.6. The van der Waals surface area contributed by atoms with Crippen LogP contribution in [0.3, 0.4) is 0 Å². The van der Waals surface area contributed by atoms with E-state index >= 15 is 0 Å². The van der Waals surface area contributed by atoms with Crippen molar-refractivity contribution in [3.63, 3.8) is 0 Å². The van der Waals surface area contributed by atoms with Crippen molar-refractivity contribution in [3.8, 4) is 0 Å². The molecule has 126 valence electrons. The van der Waals surface area contributed by atoms with Crippen LogP contribution in [0.2, 0.25) is 0 Å². The van der Waals surface area contributed by atoms with Crippen molar-refractivity contribution in [1.82, 2.24) is 0 Å². The van der Waals surface area contributed by atoms with Gasteiger partial charge in [0.1, 0.15) is 0 Å². The molecule has 0 bridgehead atoms. The summed E-state index contributed by atoms with van der Waals surface area (Å²) in [7, 11) is 0. The summed E-state index contributed by atoms with van der Waals surface area (Å²) >= 11 is 0. The molecule has 1 aliphatic rings. The minimum Gasteiger partial charge on any atom is -0.396 e. The molecule has 1 saturated heterocycles. The second-order valence-corrected chi connectivity index (χ2v) is 6.84. The van der Waals surface area contributed by atoms with Crippen molar-refractivity contribution in [1.29, 1.82) is 0 Å². The minimum atomic E-state index is -0.453. The molecule has 1 heterocycles. The summed E-state index contributed by atoms with van der Waals surface area (Å²) in [5.74, 6) is -0.453. The lowest BCUT2D eigenvalue weighted by molar-refractivity contribution is -0.147. The smallest absolute Gasteiger partial charge is 0.163 e. The SMILES string of the molecule is CCCCCCCCCC[C@@H]1OC(C)(C)O[C@@H]1CCCO. The summed E-state index contributed by atoms with van der Waals surface area (Å²) in [6, 6.07) is 0. The molecule has 3 heteroatoms. The quantitative estimate of drug-likeness (QED) is 0.526. The summed E-state index contributed by atoms with van der Waals surface area (Å²) in [4.78, 5) is 0. The fraction of sp³-hybridized carbons (Fsp3) is 1.00. The molecule has 2 atom stereocenters. The molecule has 0 aromatic heterocycles. The Morgan fingerprint density at radius 2 is 1.24 bits per heavy atom. The zero-order chi connectivity index (χ0) is 15.6. The molecular weight excluding hydrogens is 264 g/mol. The molecule has 1 rings (SSSR count). The highest BCUT2D eigenvalue weighted by atomic mass is 16.7. The van der Waals surface area contributed by atoms with Gasteiger partial charge in [0.15, 0.2) is 5.79 Å². The molecule has 3 nitrogen and oxygen atoms in total. The molecule has 0 aliphatic carbocycles. The third kappa shape index (κ3) is 8.18. The molecular formula is C18H36O3. The van der Waals surface area contributed by atoms with Crippen LogP contribution in [-0.4, -0.2) is 29.7 Å². The Bertz CT molecular complexity index is 253. The largest absolute Gasteiger partial charge is 0.396 e. The van der Waals surface area contributed by atoms with Crippen LogP contribution in [0, 0.1) is 0 Å². The van der Waals surface area contributed by atoms with Gasteiger partial charge in [-0.3, -0.25) is 0 Å². The van der Waals surface area contributed by atoms with Crippen molar-refractivity contribution < 1.29 is 14.6 Å². The molecule has 0 radical (unpaired) electrons. The molecule has 0 spiro atoms. The number of hydrogen-bond acceptors (Lipinski definition) is 3. The van der Waals surface area contributed by atoms with E-state index in [0.717, 1.165) is 19.3 Å². The Balaban J connectivity index is 2.11. The number of aliphatic hydroxyl groups excluding tert-OH is 1. The van der Waals surface area contributed by atoms with Crippen molar-refractivity contribution in [2.45, 2.75) is 109 Å². The minimum absolute atomic E-state index is 0.164. The average Bonchev–Trinajstić information content (AvgIpc) is 2.74. The van der Waals surface area contributed by atoms with Gasteiger partial charge in [-0.2, -0.15) is 0 Å². The molecule has 0 amide bonds. The van der Waals surface area contributed by atoms with Gasteiger partial charge >= 0.3 is 0 Å². The second kappa shape index (κ2) is 10.6. The van der Waals surface area contributed by atoms with Crippen LogP contribution in [0.25, 0.3) is 0 Å². The number of hydrogen-bond donors (Lipinski definition) is 1. The Hall–Kier alpha value is -0.120. The topological polar surface area (TPSA) is 38.7 Å². The lowest BCUT2D eigenvalue weighted by Crippen LogP contribution is -2.22. The first-order chi connectivity index (χ1) is 10.1. The Morgan fingerprint density at radius 3 is 1.76 bits per heavy atom. The lowest BCUT2D eigenvalue weighted by atomic mass is 10.0. The van der Waals surface area contributed by atoms with Gasteiger partial charge in [0.05, 0.1) is 12.2 Å². The van der Waals surface area contributed by atoms with Crippen LogP contribution in [0.5, 0.6) is 0 Å². The van der Waals surface area contributed by atoms with Crippen LogP contribution in [0.1, 0.15) is 91.4 Å². The van der Waals surface area contributed by atoms with Gasteiger partial charge < -0.3 is 14.6 Å². The molecule has 21 heavy (non-hydrogen) atoms. The van der Waals surface area contributed by atoms with Crippen molar-refractivity contribution in [2.75, 3.05) is 6.61 Å². The fourth-order valence-electron chi connectivity index (χ4n) is 3.17. The van der Waals surface area contributed by atoms with E-state index in [-0.39, 0.29) is 18.8 Å². The van der Waals surface area contributed by atoms with E-state index in [1.54, 1.807) is 0 Å². The maximum atomic E-state index is 8.98. The molecule has 1 fully saturated rings. The van der Waals surface area contributed by atoms with Gasteiger partial charge in [0.25, 0.3) is 0 Å². The van der Waals surface area contributed by atoms with Crippen molar-refractivity contribution in [2.24, 2.45) is 0 Å². The molecule has 0 saturated carbocycles. The molecule has 0 aromatic rings. The molecule has 0 aromatic carbocycles. The Labute approximate surface area is 131 Å². The maximum absolute atomic E-state index is 8.98. The lowest BCUT2D eigenvalue weighted by Gasteiger charge is -2.16. The van der Waals surface area contributed by atoms with Crippen molar-refractivity contribution in [3.05, 3.63) is 0 Å². The van der Waals surface area contributed by atoms with Gasteiger partial charge in [0.2, 0.25) is 0 Å². The summed E-state index contributed by atoms with van der Waals surface area (Å²) in [5, 5.41) is 8.98. The fourth-order valence-corrected chi connectivity index (χ4v) is 3.17. The predicted molar refractivity (Wildman–Crippen MR) is 87.4 cm³/mol. The monoisotopic (exact) mass is 300 g/mol. The van der Waals surface area contributed by atoms with Gasteiger partial charge in [-0.15, -0.1) is 0 Å². The van der Waals surface area contributed by atoms with Crippen LogP contribution in [0.4, 0.5) is 0 Å². The van der Waals surface area contributed by atoms with E-state index in [9.17, 15) is 0 Å². The van der Waals surface area contributed by atoms with Crippen molar-refractivity contribution >= 4 is 0 Å². The van der Waals surface area contributed by atoms with E-state index < -0.39 is 5.79 Å². The first kappa shape index (κ1) is 18.9. The molecule has 0 unspecified atom stereocenters. The second-order valence-electron chi connectivity index (χ2n) is 6.84. The Morgan fingerprint density at radius 1 is 0.762 bits per heavy atom. The van der Waals surface area contributed by atoms with E-state index in [2.05, 4.69) is 6.92 Å². The first-order valence-corrected chi connectivity index (χ1v) is 9.05. The molecule has 1 N–H and O–H groups in total. The van der Waals surface area contributed by atoms with E-state index in [0.29, 0.717) is 0 Å². The number of aliphatic hydroxyl groups is 1. The number of rotatable bonds is 12. The van der Waals surface area contributed by atoms with Gasteiger partial charge in [-0.1, -0.05) is 58.3 Å². The molecule has 1 aliphatic heterocycles. The van der Waals surface area contributed by atoms with E-state index in [1.165, 1.54) is 51.4 Å². The summed E-state index contributed by atoms with van der Waals surface area (Å²) in [6.45, 7) is 6.49. The van der Waals surface area contributed by atoms with E-state index in [4.69, 9.17) is 14.6 Å². The van der Waals surface area contributed by atoms with Crippen LogP contribution < -0.4 is 0 Å². The highest BCUT2D eigenvalue weighted by Crippen LogP contribution is 2.33. The predicted octanol–water partition coefficient (Wildman–Crippen LogP) is 4.81. The third-order valence-electron chi connectivity index (χ3n) is 4.27. The zero-order valence-corrected chi connectivity index (χ0v) is 14.4. The van der Waals surface area contributed by atoms with Crippen LogP contribution in [0.15, 0.2) is 0 Å². The number of unbranched alkanes of at least 4 members (excludes halogenated alkanes) is 7. The van der Waals surface area contributed by atoms with Gasteiger partial charge in [-0.05, 0) is 33.1 Å². The van der Waals surface area contributed by atoms with Gasteiger partial charge in [0, 0.05) is 6.61 Å². The van der Waals surface area contributed by atoms with E-state index in [1.807, 2.05) is 13.8 Å². The highest BCUT2D eigenvalue weighted by molar-refractivity contribution is 4.81. The van der Waals surface area contributed by atoms with Crippen LogP contribution in [-0.2, 0) is 9.47 Å². The zero-order valence-electron chi connectivity index (χ0n) is 14.4. The third-order valence-corrected chi connectivity index (χ3v) is 4.27. The summed E-state index contributed by atoms with van der Waals surface area (Å²) in [5.41, 5.74) is 0. The summed E-state index contributed by atoms with van der Waals surface area (Å²) in [6.07, 6.45) is 13.9. The average molecular weight is 300 g/mol. The maximum Gasteiger partial charge on any atom is 0.163 e. The first-order valence-electron chi connectivity index (χ1n) is 9.05. The Kier molecular flexibility index (Phi) is 9.54.